The van der Waals surface area contributed by atoms with Crippen molar-refractivity contribution < 1.29 is 19.0 Å². The first-order valence-electron chi connectivity index (χ1n) is 15.8. The summed E-state index contributed by atoms with van der Waals surface area (Å²) >= 11 is 0. The van der Waals surface area contributed by atoms with Crippen LogP contribution in [0.1, 0.15) is 53.5 Å². The molecule has 3 aromatic carbocycles. The predicted octanol–water partition coefficient (Wildman–Crippen LogP) is 5.95. The minimum absolute atomic E-state index is 0.130. The van der Waals surface area contributed by atoms with Crippen LogP contribution < -0.4 is 9.47 Å². The summed E-state index contributed by atoms with van der Waals surface area (Å²) in [6.45, 7) is 8.44. The zero-order valence-corrected chi connectivity index (χ0v) is 26.4. The van der Waals surface area contributed by atoms with Gasteiger partial charge < -0.3 is 14.2 Å². The lowest BCUT2D eigenvalue weighted by Crippen LogP contribution is -2.18. The molecule has 2 saturated heterocycles. The second kappa shape index (κ2) is 16.5. The lowest BCUT2D eigenvalue weighted by atomic mass is 9.96. The number of benzene rings is 3. The van der Waals surface area contributed by atoms with E-state index in [2.05, 4.69) is 92.8 Å². The molecule has 0 N–H and O–H groups in total. The lowest BCUT2D eigenvalue weighted by Gasteiger charge is -2.12. The van der Waals surface area contributed by atoms with Crippen LogP contribution in [-0.4, -0.2) is 75.4 Å². The highest BCUT2D eigenvalue weighted by molar-refractivity contribution is 5.80. The van der Waals surface area contributed by atoms with Crippen molar-refractivity contribution >= 4 is 11.5 Å². The molecule has 0 radical (unpaired) electrons. The minimum atomic E-state index is -0.420. The van der Waals surface area contributed by atoms with Gasteiger partial charge in [0, 0.05) is 11.1 Å². The lowest BCUT2D eigenvalue weighted by molar-refractivity contribution is -0.142. The molecule has 0 aromatic heterocycles. The molecular formula is C39H42N2O4. The van der Waals surface area contributed by atoms with Crippen LogP contribution >= 0.6 is 0 Å². The van der Waals surface area contributed by atoms with E-state index in [0.29, 0.717) is 12.4 Å². The van der Waals surface area contributed by atoms with E-state index in [1.54, 1.807) is 0 Å². The number of hydrogen-bond donors (Lipinski definition) is 0. The van der Waals surface area contributed by atoms with E-state index in [4.69, 9.17) is 9.47 Å². The number of hydrogen-bond acceptors (Lipinski definition) is 6. The molecule has 5 rings (SSSR count). The molecule has 0 amide bonds. The van der Waals surface area contributed by atoms with Crippen LogP contribution in [0, 0.1) is 30.6 Å². The maximum Gasteiger partial charge on any atom is 0.343 e. The van der Waals surface area contributed by atoms with Crippen LogP contribution in [0.15, 0.2) is 72.8 Å². The molecule has 2 fully saturated rings. The van der Waals surface area contributed by atoms with Crippen LogP contribution in [0.4, 0.5) is 0 Å². The van der Waals surface area contributed by atoms with Crippen LogP contribution in [-0.2, 0) is 9.53 Å². The van der Waals surface area contributed by atoms with Crippen molar-refractivity contribution in [3.05, 3.63) is 101 Å². The molecule has 0 bridgehead atoms. The number of carbonyl (C=O) groups excluding carboxylic acids is 1. The Bertz CT molecular complexity index is 1490. The third-order valence-electron chi connectivity index (χ3n) is 8.12. The maximum absolute atomic E-state index is 11.4. The average Bonchev–Trinajstić information content (AvgIpc) is 3.79. The van der Waals surface area contributed by atoms with Gasteiger partial charge in [-0.3, -0.25) is 9.80 Å². The van der Waals surface area contributed by atoms with Gasteiger partial charge in [0.05, 0.1) is 20.2 Å². The quantitative estimate of drug-likeness (QED) is 0.211. The number of likely N-dealkylation sites (tertiary alicyclic amines) is 2. The van der Waals surface area contributed by atoms with Gasteiger partial charge in [-0.05, 0) is 130 Å². The SMILES string of the molecule is COC(=O)COc1ccc(OCC=C(c2ccc(C#CCN3CCCC3)cc2)c2ccc(C#CCN3CCCC3)cc2)cc1C. The topological polar surface area (TPSA) is 51.2 Å². The van der Waals surface area contributed by atoms with E-state index in [9.17, 15) is 4.79 Å². The molecular weight excluding hydrogens is 560 g/mol. The fourth-order valence-electron chi connectivity index (χ4n) is 5.55. The van der Waals surface area contributed by atoms with E-state index in [0.717, 1.165) is 78.4 Å². The Morgan fingerprint density at radius 1 is 0.756 bits per heavy atom. The Morgan fingerprint density at radius 3 is 1.78 bits per heavy atom. The molecule has 6 nitrogen and oxygen atoms in total. The van der Waals surface area contributed by atoms with Crippen molar-refractivity contribution in [3.8, 4) is 35.2 Å². The third-order valence-corrected chi connectivity index (χ3v) is 8.12. The number of ether oxygens (including phenoxy) is 3. The Kier molecular flexibility index (Phi) is 11.7. The predicted molar refractivity (Wildman–Crippen MR) is 179 cm³/mol. The molecule has 0 spiro atoms. The van der Waals surface area contributed by atoms with Gasteiger partial charge in [-0.1, -0.05) is 47.9 Å². The van der Waals surface area contributed by atoms with Crippen molar-refractivity contribution in [1.29, 1.82) is 0 Å². The minimum Gasteiger partial charge on any atom is -0.489 e. The number of esters is 1. The van der Waals surface area contributed by atoms with E-state index >= 15 is 0 Å². The summed E-state index contributed by atoms with van der Waals surface area (Å²) in [5, 5.41) is 0. The molecule has 6 heteroatoms. The van der Waals surface area contributed by atoms with Gasteiger partial charge in [0.25, 0.3) is 0 Å². The van der Waals surface area contributed by atoms with Crippen molar-refractivity contribution in [2.24, 2.45) is 0 Å². The van der Waals surface area contributed by atoms with Gasteiger partial charge >= 0.3 is 5.97 Å². The van der Waals surface area contributed by atoms with E-state index in [1.807, 2.05) is 25.1 Å². The molecule has 0 aliphatic carbocycles. The van der Waals surface area contributed by atoms with Crippen LogP contribution in [0.5, 0.6) is 11.5 Å². The fraction of sp³-hybridized carbons (Fsp3) is 0.359. The standard InChI is InChI=1S/C39H42N2O4/c1-31-29-36(19-20-38(31)45-30-39(42)43-2)44-28-21-37(34-15-11-32(12-16-34)9-7-26-40-22-3-4-23-40)35-17-13-33(14-18-35)10-8-27-41-24-5-6-25-41/h11-21,29H,3-6,22-28,30H2,1-2H3. The van der Waals surface area contributed by atoms with Gasteiger partial charge in [-0.2, -0.15) is 0 Å². The zero-order valence-electron chi connectivity index (χ0n) is 26.4. The van der Waals surface area contributed by atoms with Crippen molar-refractivity contribution in [3.63, 3.8) is 0 Å². The number of aryl methyl sites for hydroxylation is 1. The number of carbonyl (C=O) groups is 1. The number of methoxy groups -OCH3 is 1. The summed E-state index contributed by atoms with van der Waals surface area (Å²) in [4.78, 5) is 16.3. The van der Waals surface area contributed by atoms with Gasteiger partial charge in [0.2, 0.25) is 0 Å². The molecule has 232 valence electrons. The molecule has 2 aliphatic rings. The second-order valence-electron chi connectivity index (χ2n) is 11.4. The summed E-state index contributed by atoms with van der Waals surface area (Å²) in [5.74, 6) is 14.3. The normalized spacial score (nSPS) is 14.5. The summed E-state index contributed by atoms with van der Waals surface area (Å²) in [6.07, 6.45) is 7.21. The maximum atomic E-state index is 11.4. The Morgan fingerprint density at radius 2 is 1.29 bits per heavy atom. The van der Waals surface area contributed by atoms with Crippen molar-refractivity contribution in [2.75, 3.05) is 59.6 Å². The zero-order chi connectivity index (χ0) is 31.3. The van der Waals surface area contributed by atoms with Crippen molar-refractivity contribution in [2.45, 2.75) is 32.6 Å². The first kappa shape index (κ1) is 31.9. The van der Waals surface area contributed by atoms with Crippen LogP contribution in [0.3, 0.4) is 0 Å². The highest BCUT2D eigenvalue weighted by Gasteiger charge is 2.11. The highest BCUT2D eigenvalue weighted by atomic mass is 16.6. The van der Waals surface area contributed by atoms with E-state index in [-0.39, 0.29) is 6.61 Å². The van der Waals surface area contributed by atoms with Gasteiger partial charge in [0.15, 0.2) is 6.61 Å². The largest absolute Gasteiger partial charge is 0.489 e. The van der Waals surface area contributed by atoms with Gasteiger partial charge in [-0.15, -0.1) is 0 Å². The molecule has 0 unspecified atom stereocenters. The van der Waals surface area contributed by atoms with Crippen molar-refractivity contribution in [1.82, 2.24) is 9.80 Å². The molecule has 45 heavy (non-hydrogen) atoms. The monoisotopic (exact) mass is 602 g/mol. The summed E-state index contributed by atoms with van der Waals surface area (Å²) < 4.78 is 16.4. The van der Waals surface area contributed by atoms with Crippen LogP contribution in [0.2, 0.25) is 0 Å². The summed E-state index contributed by atoms with van der Waals surface area (Å²) in [7, 11) is 1.34. The Balaban J connectivity index is 1.29. The fourth-order valence-corrected chi connectivity index (χ4v) is 5.55. The molecule has 2 aliphatic heterocycles. The molecule has 0 saturated carbocycles. The Hall–Kier alpha value is -4.49. The number of rotatable bonds is 10. The van der Waals surface area contributed by atoms with Crippen LogP contribution in [0.25, 0.3) is 5.57 Å². The second-order valence-corrected chi connectivity index (χ2v) is 11.4. The first-order chi connectivity index (χ1) is 22.1. The average molecular weight is 603 g/mol. The molecule has 3 aromatic rings. The molecule has 2 heterocycles. The summed E-state index contributed by atoms with van der Waals surface area (Å²) in [5.41, 5.74) is 6.18. The van der Waals surface area contributed by atoms with Gasteiger partial charge in [0.1, 0.15) is 18.1 Å². The van der Waals surface area contributed by atoms with Gasteiger partial charge in [-0.25, -0.2) is 4.79 Å². The first-order valence-corrected chi connectivity index (χ1v) is 15.8. The smallest absolute Gasteiger partial charge is 0.343 e. The highest BCUT2D eigenvalue weighted by Crippen LogP contribution is 2.26. The molecule has 0 atom stereocenters. The number of nitrogens with zero attached hydrogens (tertiary/aromatic N) is 2. The summed E-state index contributed by atoms with van der Waals surface area (Å²) in [6, 6.07) is 22.5. The Labute approximate surface area is 268 Å². The third kappa shape index (κ3) is 9.75. The van der Waals surface area contributed by atoms with E-state index in [1.165, 1.54) is 32.8 Å². The van der Waals surface area contributed by atoms with E-state index < -0.39 is 5.97 Å².